The van der Waals surface area contributed by atoms with E-state index in [4.69, 9.17) is 10.5 Å². The van der Waals surface area contributed by atoms with Gasteiger partial charge in [0, 0.05) is 22.8 Å². The van der Waals surface area contributed by atoms with Crippen molar-refractivity contribution in [3.8, 4) is 5.88 Å². The third kappa shape index (κ3) is 2.23. The van der Waals surface area contributed by atoms with Gasteiger partial charge in [0.1, 0.15) is 5.82 Å². The van der Waals surface area contributed by atoms with Crippen molar-refractivity contribution >= 4 is 28.0 Å². The molecule has 0 atom stereocenters. The second kappa shape index (κ2) is 5.09. The molecule has 1 heterocycles. The van der Waals surface area contributed by atoms with Gasteiger partial charge in [-0.25, -0.2) is 0 Å². The molecule has 1 aromatic heterocycles. The first kappa shape index (κ1) is 12.3. The van der Waals surface area contributed by atoms with Gasteiger partial charge in [0.2, 0.25) is 5.88 Å². The normalized spacial score (nSPS) is 10.4. The molecule has 0 aliphatic rings. The molecule has 0 fully saturated rings. The molecule has 4 heteroatoms. The van der Waals surface area contributed by atoms with Gasteiger partial charge in [0.05, 0.1) is 7.11 Å². The minimum Gasteiger partial charge on any atom is -0.481 e. The Balaban J connectivity index is 2.06. The fourth-order valence-corrected chi connectivity index (χ4v) is 2.21. The SMILES string of the molecule is COc1cccc(Nc2cccc3cccc(N)c23)n1. The first-order valence-corrected chi connectivity index (χ1v) is 6.33. The van der Waals surface area contributed by atoms with Gasteiger partial charge in [-0.3, -0.25) is 0 Å². The van der Waals surface area contributed by atoms with Crippen LogP contribution in [0.25, 0.3) is 10.8 Å². The van der Waals surface area contributed by atoms with Gasteiger partial charge < -0.3 is 15.8 Å². The molecule has 3 aromatic rings. The summed E-state index contributed by atoms with van der Waals surface area (Å²) in [7, 11) is 1.60. The summed E-state index contributed by atoms with van der Waals surface area (Å²) in [5, 5.41) is 5.39. The highest BCUT2D eigenvalue weighted by molar-refractivity contribution is 6.03. The van der Waals surface area contributed by atoms with Crippen molar-refractivity contribution in [1.29, 1.82) is 0 Å². The van der Waals surface area contributed by atoms with E-state index in [1.807, 2.05) is 54.6 Å². The number of aromatic nitrogens is 1. The van der Waals surface area contributed by atoms with Crippen LogP contribution in [0.2, 0.25) is 0 Å². The quantitative estimate of drug-likeness (QED) is 0.711. The van der Waals surface area contributed by atoms with Gasteiger partial charge in [0.15, 0.2) is 0 Å². The van der Waals surface area contributed by atoms with Gasteiger partial charge in [-0.1, -0.05) is 30.3 Å². The Kier molecular flexibility index (Phi) is 3.13. The summed E-state index contributed by atoms with van der Waals surface area (Å²) in [5.41, 5.74) is 7.76. The maximum absolute atomic E-state index is 6.08. The summed E-state index contributed by atoms with van der Waals surface area (Å²) in [5.74, 6) is 1.29. The summed E-state index contributed by atoms with van der Waals surface area (Å²) in [6.07, 6.45) is 0. The van der Waals surface area contributed by atoms with Crippen LogP contribution in [0.5, 0.6) is 5.88 Å². The van der Waals surface area contributed by atoms with Crippen LogP contribution < -0.4 is 15.8 Å². The van der Waals surface area contributed by atoms with Crippen LogP contribution in [0.15, 0.2) is 54.6 Å². The average Bonchev–Trinajstić information content (AvgIpc) is 2.48. The molecule has 3 N–H and O–H groups in total. The summed E-state index contributed by atoms with van der Waals surface area (Å²) >= 11 is 0. The fraction of sp³-hybridized carbons (Fsp3) is 0.0625. The van der Waals surface area contributed by atoms with E-state index in [1.165, 1.54) is 0 Å². The number of methoxy groups -OCH3 is 1. The standard InChI is InChI=1S/C16H15N3O/c1-20-15-10-4-9-14(19-15)18-13-8-3-6-11-5-2-7-12(17)16(11)13/h2-10H,17H2,1H3,(H,18,19). The molecule has 0 saturated heterocycles. The molecule has 0 aliphatic heterocycles. The second-order valence-corrected chi connectivity index (χ2v) is 4.44. The summed E-state index contributed by atoms with van der Waals surface area (Å²) in [6.45, 7) is 0. The Labute approximate surface area is 117 Å². The zero-order chi connectivity index (χ0) is 13.9. The Morgan fingerprint density at radius 1 is 1.00 bits per heavy atom. The lowest BCUT2D eigenvalue weighted by molar-refractivity contribution is 0.398. The number of nitrogens with two attached hydrogens (primary N) is 1. The van der Waals surface area contributed by atoms with E-state index in [0.29, 0.717) is 5.88 Å². The minimum atomic E-state index is 0.572. The summed E-state index contributed by atoms with van der Waals surface area (Å²) in [4.78, 5) is 4.35. The molecule has 4 nitrogen and oxygen atoms in total. The Bertz CT molecular complexity index is 750. The van der Waals surface area contributed by atoms with Crippen LogP contribution in [0.3, 0.4) is 0 Å². The Hall–Kier alpha value is -2.75. The van der Waals surface area contributed by atoms with E-state index in [2.05, 4.69) is 10.3 Å². The lowest BCUT2D eigenvalue weighted by atomic mass is 10.1. The molecule has 0 saturated carbocycles. The zero-order valence-electron chi connectivity index (χ0n) is 11.1. The van der Waals surface area contributed by atoms with Crippen molar-refractivity contribution in [3.05, 3.63) is 54.6 Å². The number of fused-ring (bicyclic) bond motifs is 1. The monoisotopic (exact) mass is 265 g/mol. The molecule has 0 spiro atoms. The first-order chi connectivity index (χ1) is 9.78. The van der Waals surface area contributed by atoms with E-state index < -0.39 is 0 Å². The Morgan fingerprint density at radius 2 is 1.75 bits per heavy atom. The first-order valence-electron chi connectivity index (χ1n) is 6.33. The predicted molar refractivity (Wildman–Crippen MR) is 82.4 cm³/mol. The van der Waals surface area contributed by atoms with E-state index in [9.17, 15) is 0 Å². The molecule has 0 bridgehead atoms. The van der Waals surface area contributed by atoms with Crippen LogP contribution in [0, 0.1) is 0 Å². The molecule has 2 aromatic carbocycles. The average molecular weight is 265 g/mol. The van der Waals surface area contributed by atoms with Gasteiger partial charge in [-0.15, -0.1) is 0 Å². The third-order valence-electron chi connectivity index (χ3n) is 3.13. The fourth-order valence-electron chi connectivity index (χ4n) is 2.21. The van der Waals surface area contributed by atoms with Gasteiger partial charge >= 0.3 is 0 Å². The number of nitrogens with zero attached hydrogens (tertiary/aromatic N) is 1. The summed E-state index contributed by atoms with van der Waals surface area (Å²) in [6, 6.07) is 17.5. The van der Waals surface area contributed by atoms with Crippen molar-refractivity contribution in [3.63, 3.8) is 0 Å². The number of benzene rings is 2. The van der Waals surface area contributed by atoms with Crippen molar-refractivity contribution in [2.45, 2.75) is 0 Å². The zero-order valence-corrected chi connectivity index (χ0v) is 11.1. The van der Waals surface area contributed by atoms with Crippen molar-refractivity contribution in [2.24, 2.45) is 0 Å². The maximum atomic E-state index is 6.08. The molecule has 0 amide bonds. The lowest BCUT2D eigenvalue weighted by Crippen LogP contribution is -1.97. The smallest absolute Gasteiger partial charge is 0.214 e. The van der Waals surface area contributed by atoms with E-state index in [0.717, 1.165) is 28.0 Å². The molecular weight excluding hydrogens is 250 g/mol. The molecule has 20 heavy (non-hydrogen) atoms. The predicted octanol–water partition coefficient (Wildman–Crippen LogP) is 3.57. The third-order valence-corrected chi connectivity index (χ3v) is 3.13. The van der Waals surface area contributed by atoms with E-state index in [1.54, 1.807) is 7.11 Å². The number of pyridine rings is 1. The molecule has 0 aliphatic carbocycles. The molecule has 100 valence electrons. The minimum absolute atomic E-state index is 0.572. The van der Waals surface area contributed by atoms with Gasteiger partial charge in [-0.2, -0.15) is 4.98 Å². The number of nitrogen functional groups attached to an aromatic ring is 1. The summed E-state index contributed by atoms with van der Waals surface area (Å²) < 4.78 is 5.13. The molecule has 0 radical (unpaired) electrons. The molecule has 3 rings (SSSR count). The van der Waals surface area contributed by atoms with Crippen LogP contribution in [-0.4, -0.2) is 12.1 Å². The van der Waals surface area contributed by atoms with Crippen molar-refractivity contribution in [2.75, 3.05) is 18.2 Å². The van der Waals surface area contributed by atoms with E-state index >= 15 is 0 Å². The number of hydrogen-bond acceptors (Lipinski definition) is 4. The number of nitrogens with one attached hydrogen (secondary N) is 1. The van der Waals surface area contributed by atoms with Crippen LogP contribution >= 0.6 is 0 Å². The van der Waals surface area contributed by atoms with Crippen LogP contribution in [0.1, 0.15) is 0 Å². The number of ether oxygens (including phenoxy) is 1. The number of rotatable bonds is 3. The lowest BCUT2D eigenvalue weighted by Gasteiger charge is -2.11. The number of anilines is 3. The maximum Gasteiger partial charge on any atom is 0.214 e. The molecule has 0 unspecified atom stereocenters. The highest BCUT2D eigenvalue weighted by Gasteiger charge is 2.05. The van der Waals surface area contributed by atoms with Crippen molar-refractivity contribution in [1.82, 2.24) is 4.98 Å². The molecular formula is C16H15N3O. The highest BCUT2D eigenvalue weighted by atomic mass is 16.5. The van der Waals surface area contributed by atoms with Gasteiger partial charge in [0.25, 0.3) is 0 Å². The largest absolute Gasteiger partial charge is 0.481 e. The topological polar surface area (TPSA) is 60.2 Å². The van der Waals surface area contributed by atoms with Crippen LogP contribution in [0.4, 0.5) is 17.2 Å². The number of hydrogen-bond donors (Lipinski definition) is 2. The van der Waals surface area contributed by atoms with Crippen molar-refractivity contribution < 1.29 is 4.74 Å². The van der Waals surface area contributed by atoms with Crippen LogP contribution in [-0.2, 0) is 0 Å². The highest BCUT2D eigenvalue weighted by Crippen LogP contribution is 2.30. The second-order valence-electron chi connectivity index (χ2n) is 4.44. The van der Waals surface area contributed by atoms with Gasteiger partial charge in [-0.05, 0) is 23.6 Å². The Morgan fingerprint density at radius 3 is 2.55 bits per heavy atom. The van der Waals surface area contributed by atoms with E-state index in [-0.39, 0.29) is 0 Å².